The second-order valence-corrected chi connectivity index (χ2v) is 5.59. The molecule has 0 aliphatic heterocycles. The van der Waals surface area contributed by atoms with Gasteiger partial charge in [0.05, 0.1) is 19.8 Å². The van der Waals surface area contributed by atoms with E-state index in [1.165, 1.54) is 0 Å². The zero-order valence-corrected chi connectivity index (χ0v) is 14.2. The average Bonchev–Trinajstić information content (AvgIpc) is 2.46. The quantitative estimate of drug-likeness (QED) is 0.632. The summed E-state index contributed by atoms with van der Waals surface area (Å²) < 4.78 is 11.3. The van der Waals surface area contributed by atoms with Crippen LogP contribution in [-0.4, -0.2) is 20.0 Å². The van der Waals surface area contributed by atoms with Crippen LogP contribution in [0.25, 0.3) is 0 Å². The molecule has 0 atom stereocenters. The van der Waals surface area contributed by atoms with Crippen molar-refractivity contribution in [1.82, 2.24) is 0 Å². The van der Waals surface area contributed by atoms with Crippen molar-refractivity contribution in [2.24, 2.45) is 5.92 Å². The van der Waals surface area contributed by atoms with Crippen molar-refractivity contribution in [2.75, 3.05) is 14.2 Å². The smallest absolute Gasteiger partial charge is 0.169 e. The fourth-order valence-corrected chi connectivity index (χ4v) is 3.08. The van der Waals surface area contributed by atoms with Gasteiger partial charge in [-0.15, -0.1) is 0 Å². The third-order valence-corrected chi connectivity index (χ3v) is 4.15. The summed E-state index contributed by atoms with van der Waals surface area (Å²) in [7, 11) is 3.17. The lowest BCUT2D eigenvalue weighted by molar-refractivity contribution is 0.0901. The lowest BCUT2D eigenvalue weighted by Gasteiger charge is -2.18. The third-order valence-electron chi connectivity index (χ3n) is 3.40. The molecule has 0 heterocycles. The highest BCUT2D eigenvalue weighted by Gasteiger charge is 2.24. The van der Waals surface area contributed by atoms with Crippen molar-refractivity contribution < 1.29 is 14.3 Å². The molecule has 0 spiro atoms. The Labute approximate surface area is 129 Å². The van der Waals surface area contributed by atoms with Gasteiger partial charge < -0.3 is 9.47 Å². The second-order valence-electron chi connectivity index (χ2n) is 4.80. The zero-order valence-electron chi connectivity index (χ0n) is 12.7. The van der Waals surface area contributed by atoms with Crippen LogP contribution in [0.3, 0.4) is 0 Å². The molecule has 0 radical (unpaired) electrons. The number of rotatable bonds is 8. The molecule has 3 nitrogen and oxygen atoms in total. The molecule has 0 N–H and O–H groups in total. The van der Waals surface area contributed by atoms with E-state index in [1.54, 1.807) is 26.4 Å². The monoisotopic (exact) mass is 342 g/mol. The van der Waals surface area contributed by atoms with Crippen molar-refractivity contribution in [2.45, 2.75) is 39.5 Å². The Morgan fingerprint density at radius 2 is 1.75 bits per heavy atom. The largest absolute Gasteiger partial charge is 0.495 e. The summed E-state index contributed by atoms with van der Waals surface area (Å²) in [6, 6.07) is 3.60. The molecule has 1 aromatic carbocycles. The molecule has 0 saturated carbocycles. The first kappa shape index (κ1) is 17.0. The number of hydrogen-bond acceptors (Lipinski definition) is 3. The number of ether oxygens (including phenoxy) is 2. The van der Waals surface area contributed by atoms with Gasteiger partial charge >= 0.3 is 0 Å². The van der Waals surface area contributed by atoms with Crippen LogP contribution in [0.1, 0.15) is 49.9 Å². The van der Waals surface area contributed by atoms with Crippen LogP contribution in [0.2, 0.25) is 0 Å². The van der Waals surface area contributed by atoms with Crippen LogP contribution in [0.4, 0.5) is 0 Å². The molecular formula is C16H23BrO3. The Morgan fingerprint density at radius 3 is 2.20 bits per heavy atom. The zero-order chi connectivity index (χ0) is 15.1. The number of benzene rings is 1. The maximum atomic E-state index is 12.7. The van der Waals surface area contributed by atoms with E-state index >= 15 is 0 Å². The van der Waals surface area contributed by atoms with Gasteiger partial charge in [0.2, 0.25) is 0 Å². The fourth-order valence-electron chi connectivity index (χ4n) is 2.41. The lowest BCUT2D eigenvalue weighted by atomic mass is 9.89. The van der Waals surface area contributed by atoms with Gasteiger partial charge in [-0.2, -0.15) is 0 Å². The number of ketones is 1. The Kier molecular flexibility index (Phi) is 7.06. The Balaban J connectivity index is 3.17. The van der Waals surface area contributed by atoms with E-state index in [-0.39, 0.29) is 11.7 Å². The van der Waals surface area contributed by atoms with E-state index in [2.05, 4.69) is 29.8 Å². The highest BCUT2D eigenvalue weighted by molar-refractivity contribution is 9.10. The van der Waals surface area contributed by atoms with Gasteiger partial charge in [0.25, 0.3) is 0 Å². The maximum absolute atomic E-state index is 12.7. The van der Waals surface area contributed by atoms with E-state index < -0.39 is 0 Å². The molecule has 0 saturated heterocycles. The molecule has 0 aromatic heterocycles. The van der Waals surface area contributed by atoms with Crippen molar-refractivity contribution >= 4 is 21.7 Å². The summed E-state index contributed by atoms with van der Waals surface area (Å²) in [4.78, 5) is 12.7. The van der Waals surface area contributed by atoms with Crippen molar-refractivity contribution in [3.05, 3.63) is 22.2 Å². The molecular weight excluding hydrogens is 320 g/mol. The molecule has 0 amide bonds. The lowest BCUT2D eigenvalue weighted by Crippen LogP contribution is -2.16. The van der Waals surface area contributed by atoms with Gasteiger partial charge in [-0.05, 0) is 40.9 Å². The van der Waals surface area contributed by atoms with E-state index in [9.17, 15) is 4.79 Å². The van der Waals surface area contributed by atoms with Gasteiger partial charge in [0.15, 0.2) is 5.78 Å². The molecule has 4 heteroatoms. The predicted octanol–water partition coefficient (Wildman–Crippen LogP) is 4.87. The first-order valence-corrected chi connectivity index (χ1v) is 7.84. The van der Waals surface area contributed by atoms with Crippen LogP contribution in [0.15, 0.2) is 16.6 Å². The minimum absolute atomic E-state index is 0.0687. The van der Waals surface area contributed by atoms with Crippen LogP contribution >= 0.6 is 15.9 Å². The first-order valence-electron chi connectivity index (χ1n) is 7.05. The normalized spacial score (nSPS) is 10.7. The van der Waals surface area contributed by atoms with Crippen molar-refractivity contribution in [3.8, 4) is 11.5 Å². The number of halogens is 1. The average molecular weight is 343 g/mol. The Bertz CT molecular complexity index is 451. The maximum Gasteiger partial charge on any atom is 0.169 e. The molecule has 0 aliphatic carbocycles. The number of hydrogen-bond donors (Lipinski definition) is 0. The van der Waals surface area contributed by atoms with Gasteiger partial charge in [0, 0.05) is 5.92 Å². The highest BCUT2D eigenvalue weighted by Crippen LogP contribution is 2.38. The molecule has 0 bridgehead atoms. The van der Waals surface area contributed by atoms with Gasteiger partial charge in [0.1, 0.15) is 16.0 Å². The summed E-state index contributed by atoms with van der Waals surface area (Å²) in [6.45, 7) is 4.22. The molecule has 20 heavy (non-hydrogen) atoms. The van der Waals surface area contributed by atoms with Crippen LogP contribution < -0.4 is 9.47 Å². The summed E-state index contributed by atoms with van der Waals surface area (Å²) in [6.07, 6.45) is 3.85. The minimum Gasteiger partial charge on any atom is -0.495 e. The van der Waals surface area contributed by atoms with Crippen LogP contribution in [-0.2, 0) is 0 Å². The number of Topliss-reactive ketones (excluding diaryl/α,β-unsaturated/α-hetero) is 1. The van der Waals surface area contributed by atoms with Crippen molar-refractivity contribution in [1.29, 1.82) is 0 Å². The van der Waals surface area contributed by atoms with Crippen molar-refractivity contribution in [3.63, 3.8) is 0 Å². The van der Waals surface area contributed by atoms with Gasteiger partial charge in [-0.3, -0.25) is 4.79 Å². The minimum atomic E-state index is 0.0687. The predicted molar refractivity (Wildman–Crippen MR) is 84.9 cm³/mol. The van der Waals surface area contributed by atoms with Gasteiger partial charge in [-0.25, -0.2) is 0 Å². The summed E-state index contributed by atoms with van der Waals surface area (Å²) >= 11 is 3.45. The molecule has 0 unspecified atom stereocenters. The van der Waals surface area contributed by atoms with Crippen LogP contribution in [0, 0.1) is 5.92 Å². The molecule has 0 aliphatic rings. The van der Waals surface area contributed by atoms with E-state index in [0.717, 1.165) is 25.7 Å². The van der Waals surface area contributed by atoms with Gasteiger partial charge in [-0.1, -0.05) is 26.7 Å². The molecule has 1 aromatic rings. The Hall–Kier alpha value is -1.03. The third kappa shape index (κ3) is 3.75. The highest BCUT2D eigenvalue weighted by atomic mass is 79.9. The fraction of sp³-hybridized carbons (Fsp3) is 0.562. The standard InChI is InChI=1S/C16H23BrO3/c1-5-7-11(8-6-2)15(18)12-9-10-13(19-3)14(17)16(12)20-4/h9-11H,5-8H2,1-4H3. The van der Waals surface area contributed by atoms with E-state index in [0.29, 0.717) is 21.5 Å². The summed E-state index contributed by atoms with van der Waals surface area (Å²) in [5.41, 5.74) is 0.632. The number of carbonyl (C=O) groups is 1. The van der Waals surface area contributed by atoms with Crippen LogP contribution in [0.5, 0.6) is 11.5 Å². The topological polar surface area (TPSA) is 35.5 Å². The summed E-state index contributed by atoms with van der Waals surface area (Å²) in [5, 5.41) is 0. The van der Waals surface area contributed by atoms with E-state index in [4.69, 9.17) is 9.47 Å². The molecule has 0 fully saturated rings. The Morgan fingerprint density at radius 1 is 1.15 bits per heavy atom. The SMILES string of the molecule is CCCC(CCC)C(=O)c1ccc(OC)c(Br)c1OC. The molecule has 112 valence electrons. The first-order chi connectivity index (χ1) is 9.60. The van der Waals surface area contributed by atoms with E-state index in [1.807, 2.05) is 0 Å². The number of methoxy groups -OCH3 is 2. The molecule has 1 rings (SSSR count). The number of carbonyl (C=O) groups excluding carboxylic acids is 1. The second kappa shape index (κ2) is 8.30. The summed E-state index contributed by atoms with van der Waals surface area (Å²) in [5.74, 6) is 1.46.